The van der Waals surface area contributed by atoms with Gasteiger partial charge in [0, 0.05) is 17.5 Å². The summed E-state index contributed by atoms with van der Waals surface area (Å²) in [6.45, 7) is 4.80. The number of para-hydroxylation sites is 1. The fourth-order valence-electron chi connectivity index (χ4n) is 3.42. The predicted molar refractivity (Wildman–Crippen MR) is 134 cm³/mol. The highest BCUT2D eigenvalue weighted by atomic mass is 16.5. The number of amides is 1. The van der Waals surface area contributed by atoms with Gasteiger partial charge in [-0.05, 0) is 53.9 Å². The van der Waals surface area contributed by atoms with Crippen LogP contribution in [-0.4, -0.2) is 35.8 Å². The lowest BCUT2D eigenvalue weighted by Crippen LogP contribution is -2.17. The van der Waals surface area contributed by atoms with Crippen molar-refractivity contribution in [3.05, 3.63) is 89.2 Å². The molecule has 3 aromatic carbocycles. The molecule has 0 fully saturated rings. The lowest BCUT2D eigenvalue weighted by molar-refractivity contribution is 0.0955. The van der Waals surface area contributed by atoms with Gasteiger partial charge in [0.25, 0.3) is 5.91 Å². The first kappa shape index (κ1) is 23.0. The van der Waals surface area contributed by atoms with Crippen molar-refractivity contribution in [2.24, 2.45) is 11.0 Å². The largest absolute Gasteiger partial charge is 0.497 e. The zero-order valence-corrected chi connectivity index (χ0v) is 19.5. The molecule has 4 aromatic rings. The number of imidazole rings is 1. The van der Waals surface area contributed by atoms with E-state index in [2.05, 4.69) is 34.3 Å². The molecule has 0 aliphatic rings. The van der Waals surface area contributed by atoms with Crippen molar-refractivity contribution >= 4 is 23.2 Å². The normalized spacial score (nSPS) is 11.3. The molecule has 0 saturated heterocycles. The number of hydrogen-bond acceptors (Lipinski definition) is 5. The summed E-state index contributed by atoms with van der Waals surface area (Å²) >= 11 is 0. The van der Waals surface area contributed by atoms with E-state index in [4.69, 9.17) is 9.47 Å². The maximum absolute atomic E-state index is 12.6. The smallest absolute Gasteiger partial charge is 0.271 e. The van der Waals surface area contributed by atoms with Gasteiger partial charge < -0.3 is 14.5 Å². The van der Waals surface area contributed by atoms with Crippen LogP contribution in [0.3, 0.4) is 0 Å². The average molecular weight is 457 g/mol. The van der Waals surface area contributed by atoms with Crippen LogP contribution in [0.2, 0.25) is 0 Å². The highest BCUT2D eigenvalue weighted by molar-refractivity contribution is 5.98. The maximum atomic E-state index is 12.6. The van der Waals surface area contributed by atoms with Crippen LogP contribution in [-0.2, 0) is 6.42 Å². The molecule has 1 aromatic heterocycles. The molecule has 0 atom stereocenters. The van der Waals surface area contributed by atoms with Gasteiger partial charge in [0.2, 0.25) is 0 Å². The molecule has 0 bridgehead atoms. The van der Waals surface area contributed by atoms with Crippen molar-refractivity contribution in [3.63, 3.8) is 0 Å². The van der Waals surface area contributed by atoms with Crippen LogP contribution in [0, 0.1) is 5.92 Å². The summed E-state index contributed by atoms with van der Waals surface area (Å²) < 4.78 is 11.0. The Bertz CT molecular complexity index is 1290. The molecular weight excluding hydrogens is 428 g/mol. The highest BCUT2D eigenvalue weighted by Gasteiger charge is 2.10. The van der Waals surface area contributed by atoms with E-state index >= 15 is 0 Å². The third-order valence-electron chi connectivity index (χ3n) is 5.18. The fraction of sp³-hybridized carbons (Fsp3) is 0.222. The van der Waals surface area contributed by atoms with Gasteiger partial charge in [-0.25, -0.2) is 10.4 Å². The van der Waals surface area contributed by atoms with E-state index in [0.717, 1.165) is 39.5 Å². The first-order chi connectivity index (χ1) is 16.5. The zero-order chi connectivity index (χ0) is 23.9. The molecule has 174 valence electrons. The van der Waals surface area contributed by atoms with Gasteiger partial charge in [0.15, 0.2) is 0 Å². The zero-order valence-electron chi connectivity index (χ0n) is 19.5. The number of nitrogens with zero attached hydrogens (tertiary/aromatic N) is 2. The minimum Gasteiger partial charge on any atom is -0.497 e. The van der Waals surface area contributed by atoms with E-state index in [-0.39, 0.29) is 5.91 Å². The molecule has 2 N–H and O–H groups in total. The first-order valence-electron chi connectivity index (χ1n) is 11.2. The van der Waals surface area contributed by atoms with Gasteiger partial charge in [-0.15, -0.1) is 0 Å². The number of aromatic amines is 1. The van der Waals surface area contributed by atoms with Gasteiger partial charge in [-0.1, -0.05) is 38.1 Å². The van der Waals surface area contributed by atoms with Gasteiger partial charge in [0.05, 0.1) is 31.0 Å². The molecule has 0 saturated carbocycles. The SMILES string of the molecule is COc1ccc(Cc2nc3ccc(C(=O)N/N=C\c4ccccc4OCC(C)C)cc3[nH]2)cc1. The van der Waals surface area contributed by atoms with E-state index in [1.807, 2.05) is 54.6 Å². The van der Waals surface area contributed by atoms with Crippen LogP contribution in [0.1, 0.15) is 41.2 Å². The second-order valence-corrected chi connectivity index (χ2v) is 8.38. The number of hydrazone groups is 1. The number of carbonyl (C=O) groups is 1. The lowest BCUT2D eigenvalue weighted by Gasteiger charge is -2.10. The summed E-state index contributed by atoms with van der Waals surface area (Å²) in [6.07, 6.45) is 2.25. The summed E-state index contributed by atoms with van der Waals surface area (Å²) in [5.41, 5.74) is 6.61. The van der Waals surface area contributed by atoms with Crippen molar-refractivity contribution < 1.29 is 14.3 Å². The van der Waals surface area contributed by atoms with Gasteiger partial charge in [0.1, 0.15) is 17.3 Å². The van der Waals surface area contributed by atoms with Crippen molar-refractivity contribution in [3.8, 4) is 11.5 Å². The predicted octanol–water partition coefficient (Wildman–Crippen LogP) is 4.96. The number of benzene rings is 3. The Morgan fingerprint density at radius 1 is 1.12 bits per heavy atom. The summed E-state index contributed by atoms with van der Waals surface area (Å²) in [4.78, 5) is 20.6. The molecular formula is C27H28N4O3. The Balaban J connectivity index is 1.42. The third kappa shape index (κ3) is 5.81. The second kappa shape index (κ2) is 10.7. The number of fused-ring (bicyclic) bond motifs is 1. The minimum atomic E-state index is -0.301. The Morgan fingerprint density at radius 2 is 1.91 bits per heavy atom. The molecule has 0 unspecified atom stereocenters. The maximum Gasteiger partial charge on any atom is 0.271 e. The van der Waals surface area contributed by atoms with Crippen LogP contribution < -0.4 is 14.9 Å². The standard InChI is InChI=1S/C27H28N4O3/c1-18(2)17-34-25-7-5-4-6-21(25)16-28-31-27(32)20-10-13-23-24(15-20)30-26(29-23)14-19-8-11-22(33-3)12-9-19/h4-13,15-16,18H,14,17H2,1-3H3,(H,29,30)(H,31,32)/b28-16-. The van der Waals surface area contributed by atoms with E-state index < -0.39 is 0 Å². The summed E-state index contributed by atoms with van der Waals surface area (Å²) in [5, 5.41) is 4.12. The van der Waals surface area contributed by atoms with Crippen LogP contribution in [0.4, 0.5) is 0 Å². The Hall–Kier alpha value is -4.13. The van der Waals surface area contributed by atoms with Crippen molar-refractivity contribution in [1.29, 1.82) is 0 Å². The van der Waals surface area contributed by atoms with Crippen molar-refractivity contribution in [2.75, 3.05) is 13.7 Å². The fourth-order valence-corrected chi connectivity index (χ4v) is 3.42. The van der Waals surface area contributed by atoms with Crippen LogP contribution >= 0.6 is 0 Å². The monoisotopic (exact) mass is 456 g/mol. The lowest BCUT2D eigenvalue weighted by atomic mass is 10.1. The van der Waals surface area contributed by atoms with Crippen molar-refractivity contribution in [1.82, 2.24) is 15.4 Å². The third-order valence-corrected chi connectivity index (χ3v) is 5.18. The van der Waals surface area contributed by atoms with Crippen LogP contribution in [0.15, 0.2) is 71.8 Å². The number of hydrogen-bond donors (Lipinski definition) is 2. The topological polar surface area (TPSA) is 88.6 Å². The highest BCUT2D eigenvalue weighted by Crippen LogP contribution is 2.19. The molecule has 7 heteroatoms. The van der Waals surface area contributed by atoms with E-state index in [9.17, 15) is 4.79 Å². The molecule has 34 heavy (non-hydrogen) atoms. The van der Waals surface area contributed by atoms with Gasteiger partial charge in [-0.2, -0.15) is 5.10 Å². The molecule has 0 spiro atoms. The average Bonchev–Trinajstić information content (AvgIpc) is 3.25. The van der Waals surface area contributed by atoms with Gasteiger partial charge >= 0.3 is 0 Å². The number of ether oxygens (including phenoxy) is 2. The summed E-state index contributed by atoms with van der Waals surface area (Å²) in [7, 11) is 1.65. The molecule has 7 nitrogen and oxygen atoms in total. The molecule has 4 rings (SSSR count). The summed E-state index contributed by atoms with van der Waals surface area (Å²) in [6, 6.07) is 20.8. The molecule has 1 heterocycles. The molecule has 0 aliphatic carbocycles. The number of H-pyrrole nitrogens is 1. The molecule has 0 aliphatic heterocycles. The Labute approximate surface area is 198 Å². The molecule has 1 amide bonds. The minimum absolute atomic E-state index is 0.301. The second-order valence-electron chi connectivity index (χ2n) is 8.38. The van der Waals surface area contributed by atoms with Gasteiger partial charge in [-0.3, -0.25) is 4.79 Å². The number of rotatable bonds is 9. The first-order valence-corrected chi connectivity index (χ1v) is 11.2. The molecule has 0 radical (unpaired) electrons. The Kier molecular flexibility index (Phi) is 7.22. The number of aromatic nitrogens is 2. The summed E-state index contributed by atoms with van der Waals surface area (Å²) in [5.74, 6) is 2.49. The van der Waals surface area contributed by atoms with Crippen molar-refractivity contribution in [2.45, 2.75) is 20.3 Å². The van der Waals surface area contributed by atoms with E-state index in [1.54, 1.807) is 25.5 Å². The van der Waals surface area contributed by atoms with E-state index in [0.29, 0.717) is 24.5 Å². The van der Waals surface area contributed by atoms with Crippen LogP contribution in [0.5, 0.6) is 11.5 Å². The van der Waals surface area contributed by atoms with E-state index in [1.165, 1.54) is 0 Å². The van der Waals surface area contributed by atoms with Crippen LogP contribution in [0.25, 0.3) is 11.0 Å². The quantitative estimate of drug-likeness (QED) is 0.275. The Morgan fingerprint density at radius 3 is 2.68 bits per heavy atom. The number of carbonyl (C=O) groups excluding carboxylic acids is 1. The number of nitrogens with one attached hydrogen (secondary N) is 2. The number of methoxy groups -OCH3 is 1.